The molecule has 0 spiro atoms. The molecule has 0 aliphatic carbocycles. The molecular formula is C65H76Br3MgN3O17S7. The Morgan fingerprint density at radius 1 is 0.490 bits per heavy atom. The number of morpholine rings is 3. The fraction of sp³-hybridized carbons (Fsp3) is 0.492. The van der Waals surface area contributed by atoms with E-state index in [0.29, 0.717) is 102 Å². The third kappa shape index (κ3) is 16.7. The van der Waals surface area contributed by atoms with Crippen LogP contribution in [0.15, 0.2) is 123 Å². The van der Waals surface area contributed by atoms with Crippen LogP contribution in [0.1, 0.15) is 67.8 Å². The fourth-order valence-electron chi connectivity index (χ4n) is 13.7. The summed E-state index contributed by atoms with van der Waals surface area (Å²) in [6, 6.07) is 27.8. The molecule has 16 heterocycles. The number of methoxy groups -OCH3 is 3. The second-order valence-electron chi connectivity index (χ2n) is 23.9. The standard InChI is InChI=1S/C19H22NO4S2.C18H19NO4S2.C11H10O3S2.C8H13NO2.C4H6O4.C4H3S.CH3Br.2BrH.Mg/c1-20(2)12-9-11(10-13(20)17-16(12)24-17)23-18(21)19(22,14-5-3-7-25-14)15-6-4-8-26-15;1-19-11-8-10(9-12(19)16-15(11)23-16)22-17(20)18(21,13-4-2-6-24-13)14-5-3-7-25-14;1-14-10(12)11(13,8-4-2-6-15-8)9-5-3-7-16-9;1-9-5-2-4(10)3-6(9)8-7(5)11-8;1-7-3(5)4(6)8-2;1-2-4-5-3-1;1-2;;;/h3-8,11-13,16-17,22H,9-10H2,1-2H3;2-7,10-12,15-16,21H,8-9H2,1H3;2-7,13H,1H3;4-8,10H,2-3H2,1H3;1-2H3;1-3H;1H3;2*1H;/q+1;;;;;-1;;;;+2/p-2. The van der Waals surface area contributed by atoms with Crippen LogP contribution in [0.5, 0.6) is 0 Å². The molecule has 9 fully saturated rings. The molecule has 0 saturated carbocycles. The number of ether oxygens (including phenoxy) is 8. The number of piperidine rings is 3. The topological polar surface area (TPSA) is 256 Å². The van der Waals surface area contributed by atoms with Gasteiger partial charge in [-0.25, -0.2) is 30.0 Å². The van der Waals surface area contributed by atoms with Crippen LogP contribution in [0.4, 0.5) is 0 Å². The molecular weight excluding hydrogens is 1580 g/mol. The van der Waals surface area contributed by atoms with Gasteiger partial charge in [0.25, 0.3) is 0 Å². The van der Waals surface area contributed by atoms with Gasteiger partial charge in [0.15, 0.2) is 0 Å². The molecule has 16 rings (SSSR count). The van der Waals surface area contributed by atoms with Crippen LogP contribution >= 0.6 is 95.3 Å². The SMILES string of the molecule is CBr.CN1C2CC(O)CC1C1OC12.CN1C2CC(OC(=O)C(O)(c3cccs3)c3cccs3)CC1C1OC12.COC(=O)C(=O)OC.COC(=O)C(O)(c1cccs1)c1cccs1.C[N+]1(C)C2CC(OC(=O)C(O)(c3cccs3)c3cccs3)CC1C1OC12.[Br-].[Br-].[Mg+2].[c-]1cccs1. The van der Waals surface area contributed by atoms with E-state index in [2.05, 4.69) is 73.5 Å². The molecule has 12 unspecified atom stereocenters. The summed E-state index contributed by atoms with van der Waals surface area (Å²) in [5.74, 6) is -1.93. The first kappa shape index (κ1) is 80.4. The number of rotatable bonds is 11. The molecule has 7 aromatic heterocycles. The molecule has 0 aromatic carbocycles. The summed E-state index contributed by atoms with van der Waals surface area (Å²) < 4.78 is 42.3. The number of aliphatic hydroxyl groups is 4. The van der Waals surface area contributed by atoms with E-state index >= 15 is 0 Å². The maximum atomic E-state index is 13.1. The van der Waals surface area contributed by atoms with Gasteiger partial charge < -0.3 is 108 Å². The predicted molar refractivity (Wildman–Crippen MR) is 365 cm³/mol. The quantitative estimate of drug-likeness (QED) is 0.0211. The third-order valence-corrected chi connectivity index (χ3v) is 25.0. The van der Waals surface area contributed by atoms with Gasteiger partial charge in [-0.05, 0) is 101 Å². The minimum absolute atomic E-state index is 0. The summed E-state index contributed by atoms with van der Waals surface area (Å²) in [5.41, 5.74) is -5.11. The molecule has 518 valence electrons. The number of esters is 5. The van der Waals surface area contributed by atoms with E-state index in [-0.39, 0.29) is 75.3 Å². The monoisotopic (exact) mass is 1660 g/mol. The van der Waals surface area contributed by atoms with E-state index in [1.807, 2.05) is 79.9 Å². The van der Waals surface area contributed by atoms with Crippen molar-refractivity contribution < 1.29 is 121 Å². The average molecular weight is 1660 g/mol. The van der Waals surface area contributed by atoms with Gasteiger partial charge in [0.05, 0.1) is 70.8 Å². The maximum absolute atomic E-state index is 13.1. The Morgan fingerprint density at radius 2 is 0.792 bits per heavy atom. The number of alkyl halides is 1. The van der Waals surface area contributed by atoms with E-state index in [9.17, 15) is 44.4 Å². The summed E-state index contributed by atoms with van der Waals surface area (Å²) in [7, 11) is 12.3. The molecule has 12 atom stereocenters. The van der Waals surface area contributed by atoms with E-state index in [4.69, 9.17) is 23.7 Å². The largest absolute Gasteiger partial charge is 2.00 e. The van der Waals surface area contributed by atoms with Crippen molar-refractivity contribution >= 4 is 148 Å². The minimum atomic E-state index is -1.72. The van der Waals surface area contributed by atoms with Gasteiger partial charge in [-0.2, -0.15) is 11.4 Å². The Bertz CT molecular complexity index is 3330. The predicted octanol–water partition coefficient (Wildman–Crippen LogP) is 1.88. The van der Waals surface area contributed by atoms with Crippen LogP contribution in [-0.4, -0.2) is 234 Å². The van der Waals surface area contributed by atoms with Gasteiger partial charge in [-0.1, -0.05) is 52.3 Å². The molecule has 0 amide bonds. The van der Waals surface area contributed by atoms with Crippen molar-refractivity contribution in [3.63, 3.8) is 0 Å². The van der Waals surface area contributed by atoms with Crippen LogP contribution in [0, 0.1) is 5.38 Å². The summed E-state index contributed by atoms with van der Waals surface area (Å²) in [5, 5.41) is 58.7. The van der Waals surface area contributed by atoms with Crippen LogP contribution in [0.25, 0.3) is 0 Å². The zero-order chi connectivity index (χ0) is 66.6. The Kier molecular flexibility index (Phi) is 29.1. The summed E-state index contributed by atoms with van der Waals surface area (Å²) in [6.45, 7) is 0. The van der Waals surface area contributed by atoms with Gasteiger partial charge in [-0.3, -0.25) is 9.80 Å². The summed E-state index contributed by atoms with van der Waals surface area (Å²) >= 11 is 12.7. The molecule has 31 heteroatoms. The maximum Gasteiger partial charge on any atom is 2.00 e. The zero-order valence-corrected chi connectivity index (χ0v) is 65.6. The molecule has 96 heavy (non-hydrogen) atoms. The molecule has 20 nitrogen and oxygen atoms in total. The van der Waals surface area contributed by atoms with Crippen LogP contribution in [0.3, 0.4) is 0 Å². The molecule has 0 radical (unpaired) electrons. The summed E-state index contributed by atoms with van der Waals surface area (Å²) in [4.78, 5) is 66.3. The van der Waals surface area contributed by atoms with Gasteiger partial charge in [0.1, 0.15) is 60.9 Å². The van der Waals surface area contributed by atoms with Crippen molar-refractivity contribution in [3.05, 3.63) is 157 Å². The Hall–Kier alpha value is -2.94. The molecule has 7 aromatic rings. The van der Waals surface area contributed by atoms with Gasteiger partial charge in [0.2, 0.25) is 16.8 Å². The van der Waals surface area contributed by atoms with Crippen molar-refractivity contribution in [1.29, 1.82) is 0 Å². The first-order valence-corrected chi connectivity index (χ1v) is 37.7. The number of fused-ring (bicyclic) bond motifs is 15. The van der Waals surface area contributed by atoms with Crippen LogP contribution in [0.2, 0.25) is 0 Å². The van der Waals surface area contributed by atoms with Gasteiger partial charge in [0, 0.05) is 49.9 Å². The van der Waals surface area contributed by atoms with E-state index in [1.54, 1.807) is 59.9 Å². The Labute approximate surface area is 631 Å². The molecule has 6 bridgehead atoms. The van der Waals surface area contributed by atoms with E-state index in [0.717, 1.165) is 57.2 Å². The first-order valence-electron chi connectivity index (χ1n) is 30.0. The number of hydrogen-bond acceptors (Lipinski definition) is 26. The van der Waals surface area contributed by atoms with Crippen molar-refractivity contribution in [2.75, 3.05) is 55.4 Å². The minimum Gasteiger partial charge on any atom is -1.00 e. The van der Waals surface area contributed by atoms with E-state index in [1.165, 1.54) is 75.1 Å². The number of quaternary nitrogens is 1. The Morgan fingerprint density at radius 3 is 1.05 bits per heavy atom. The van der Waals surface area contributed by atoms with Crippen LogP contribution < -0.4 is 34.0 Å². The molecule has 9 saturated heterocycles. The Balaban J connectivity index is 0.000000172. The average Bonchev–Trinajstić information content (AvgIpc) is 1.56. The molecule has 9 aliphatic rings. The number of hydrogen-bond donors (Lipinski definition) is 4. The van der Waals surface area contributed by atoms with Crippen molar-refractivity contribution in [2.24, 2.45) is 0 Å². The van der Waals surface area contributed by atoms with Crippen molar-refractivity contribution in [3.8, 4) is 0 Å². The number of aliphatic hydroxyl groups excluding tert-OH is 1. The van der Waals surface area contributed by atoms with Gasteiger partial charge in [-0.15, -0.1) is 73.4 Å². The van der Waals surface area contributed by atoms with Crippen molar-refractivity contribution in [2.45, 2.75) is 147 Å². The number of halogens is 3. The number of nitrogens with zero attached hydrogens (tertiary/aromatic N) is 3. The second kappa shape index (κ2) is 34.8. The van der Waals surface area contributed by atoms with Crippen LogP contribution in [-0.2, 0) is 78.7 Å². The summed E-state index contributed by atoms with van der Waals surface area (Å²) in [6.07, 6.45) is 6.69. The zero-order valence-electron chi connectivity index (χ0n) is 53.7. The fourth-order valence-corrected chi connectivity index (χ4v) is 19.2. The number of thiophene rings is 7. The molecule has 4 N–H and O–H groups in total. The van der Waals surface area contributed by atoms with E-state index < -0.39 is 46.6 Å². The normalized spacial score (nSPS) is 28.2. The number of likely N-dealkylation sites (N-methyl/N-ethyl adjacent to an activating group) is 3. The number of carbonyl (C=O) groups excluding carboxylic acids is 5. The second-order valence-corrected chi connectivity index (χ2v) is 30.3. The van der Waals surface area contributed by atoms with Gasteiger partial charge >= 0.3 is 52.9 Å². The molecule has 9 aliphatic heterocycles. The number of epoxide rings is 3. The number of carbonyl (C=O) groups is 5. The van der Waals surface area contributed by atoms with Crippen molar-refractivity contribution in [1.82, 2.24) is 9.80 Å². The smallest absolute Gasteiger partial charge is 1.00 e. The first-order chi connectivity index (χ1) is 44.7. The third-order valence-electron chi connectivity index (χ3n) is 18.6.